The molecule has 0 spiro atoms. The number of hydrogen-bond acceptors (Lipinski definition) is 4. The quantitative estimate of drug-likeness (QED) is 0.788. The molecule has 20 heavy (non-hydrogen) atoms. The van der Waals surface area contributed by atoms with E-state index in [1.165, 1.54) is 12.8 Å². The lowest BCUT2D eigenvalue weighted by Crippen LogP contribution is -1.96. The first-order valence-corrected chi connectivity index (χ1v) is 6.99. The van der Waals surface area contributed by atoms with Crippen LogP contribution in [0.1, 0.15) is 32.1 Å². The van der Waals surface area contributed by atoms with Crippen molar-refractivity contribution >= 4 is 11.0 Å². The van der Waals surface area contributed by atoms with Crippen LogP contribution in [-0.2, 0) is 6.42 Å². The molecule has 1 N–H and O–H groups in total. The summed E-state index contributed by atoms with van der Waals surface area (Å²) in [6.07, 6.45) is 6.49. The Bertz CT molecular complexity index is 754. The number of H-pyrrole nitrogens is 1. The molecule has 5 nitrogen and oxygen atoms in total. The van der Waals surface area contributed by atoms with Gasteiger partial charge in [0.1, 0.15) is 5.69 Å². The fraction of sp³-hybridized carbons (Fsp3) is 0.400. The molecule has 0 aliphatic heterocycles. The lowest BCUT2D eigenvalue weighted by atomic mass is 10.0. The molecule has 3 heterocycles. The van der Waals surface area contributed by atoms with Gasteiger partial charge in [0.15, 0.2) is 0 Å². The van der Waals surface area contributed by atoms with E-state index in [1.54, 1.807) is 0 Å². The Morgan fingerprint density at radius 1 is 1.25 bits per heavy atom. The molecular weight excluding hydrogens is 252 g/mol. The monoisotopic (exact) mass is 268 g/mol. The Balaban J connectivity index is 1.56. The minimum absolute atomic E-state index is 0.511. The Morgan fingerprint density at radius 3 is 3.00 bits per heavy atom. The maximum Gasteiger partial charge on any atom is 0.227 e. The van der Waals surface area contributed by atoms with Crippen LogP contribution in [0.2, 0.25) is 0 Å². The van der Waals surface area contributed by atoms with E-state index in [0.717, 1.165) is 29.6 Å². The van der Waals surface area contributed by atoms with Crippen molar-refractivity contribution in [2.24, 2.45) is 5.41 Å². The van der Waals surface area contributed by atoms with Crippen molar-refractivity contribution in [3.63, 3.8) is 0 Å². The minimum Gasteiger partial charge on any atom is -0.360 e. The lowest BCUT2D eigenvalue weighted by molar-refractivity contribution is 0.362. The number of aryl methyl sites for hydroxylation is 1. The van der Waals surface area contributed by atoms with E-state index in [9.17, 15) is 0 Å². The zero-order valence-corrected chi connectivity index (χ0v) is 11.4. The van der Waals surface area contributed by atoms with Crippen LogP contribution in [0.25, 0.3) is 22.6 Å². The van der Waals surface area contributed by atoms with Crippen LogP contribution >= 0.6 is 0 Å². The molecule has 0 bridgehead atoms. The molecule has 1 saturated carbocycles. The number of aromatic amines is 1. The van der Waals surface area contributed by atoms with Gasteiger partial charge >= 0.3 is 0 Å². The predicted octanol–water partition coefficient (Wildman–Crippen LogP) is 3.35. The number of nitrogens with one attached hydrogen (secondary N) is 1. The molecule has 0 radical (unpaired) electrons. The molecule has 1 fully saturated rings. The average molecular weight is 268 g/mol. The maximum absolute atomic E-state index is 5.33. The SMILES string of the molecule is CC1(CCc2nc(-c3ccc4[nH]ccc4n3)no2)CC1. The summed E-state index contributed by atoms with van der Waals surface area (Å²) in [5.74, 6) is 1.29. The van der Waals surface area contributed by atoms with Crippen molar-refractivity contribution in [3.8, 4) is 11.5 Å². The summed E-state index contributed by atoms with van der Waals surface area (Å²) in [6.45, 7) is 2.31. The second kappa shape index (κ2) is 4.16. The first-order chi connectivity index (χ1) is 9.72. The molecule has 0 aromatic carbocycles. The number of rotatable bonds is 4. The van der Waals surface area contributed by atoms with E-state index < -0.39 is 0 Å². The molecular formula is C15H16N4O. The smallest absolute Gasteiger partial charge is 0.227 e. The molecule has 3 aromatic rings. The molecule has 102 valence electrons. The van der Waals surface area contributed by atoms with E-state index >= 15 is 0 Å². The summed E-state index contributed by atoms with van der Waals surface area (Å²) in [5, 5.41) is 4.04. The number of pyridine rings is 1. The third-order valence-electron chi connectivity index (χ3n) is 4.15. The highest BCUT2D eigenvalue weighted by Gasteiger charge is 2.36. The summed E-state index contributed by atoms with van der Waals surface area (Å²) in [6, 6.07) is 5.84. The Kier molecular flexibility index (Phi) is 2.42. The molecule has 0 saturated heterocycles. The summed E-state index contributed by atoms with van der Waals surface area (Å²) < 4.78 is 5.33. The van der Waals surface area contributed by atoms with Gasteiger partial charge < -0.3 is 9.51 Å². The van der Waals surface area contributed by atoms with Gasteiger partial charge in [0, 0.05) is 12.6 Å². The van der Waals surface area contributed by atoms with E-state index in [2.05, 4.69) is 27.0 Å². The van der Waals surface area contributed by atoms with Crippen LogP contribution in [-0.4, -0.2) is 20.1 Å². The highest BCUT2D eigenvalue weighted by Crippen LogP contribution is 2.48. The van der Waals surface area contributed by atoms with E-state index in [-0.39, 0.29) is 0 Å². The molecule has 4 rings (SSSR count). The fourth-order valence-electron chi connectivity index (χ4n) is 2.39. The van der Waals surface area contributed by atoms with Crippen LogP contribution in [0.15, 0.2) is 28.9 Å². The fourth-order valence-corrected chi connectivity index (χ4v) is 2.39. The van der Waals surface area contributed by atoms with Crippen LogP contribution in [0.5, 0.6) is 0 Å². The molecule has 1 aliphatic rings. The van der Waals surface area contributed by atoms with Crippen molar-refractivity contribution in [1.82, 2.24) is 20.1 Å². The van der Waals surface area contributed by atoms with Crippen molar-refractivity contribution in [3.05, 3.63) is 30.3 Å². The van der Waals surface area contributed by atoms with Crippen LogP contribution in [0, 0.1) is 5.41 Å². The van der Waals surface area contributed by atoms with Gasteiger partial charge in [-0.15, -0.1) is 0 Å². The summed E-state index contributed by atoms with van der Waals surface area (Å²) in [5.41, 5.74) is 3.19. The van der Waals surface area contributed by atoms with Gasteiger partial charge in [0.05, 0.1) is 11.0 Å². The topological polar surface area (TPSA) is 67.6 Å². The van der Waals surface area contributed by atoms with Crippen molar-refractivity contribution in [2.45, 2.75) is 32.6 Å². The van der Waals surface area contributed by atoms with Crippen molar-refractivity contribution in [1.29, 1.82) is 0 Å². The summed E-state index contributed by atoms with van der Waals surface area (Å²) >= 11 is 0. The number of fused-ring (bicyclic) bond motifs is 1. The van der Waals surface area contributed by atoms with Crippen LogP contribution in [0.3, 0.4) is 0 Å². The summed E-state index contributed by atoms with van der Waals surface area (Å²) in [4.78, 5) is 12.1. The molecule has 1 aliphatic carbocycles. The molecule has 5 heteroatoms. The van der Waals surface area contributed by atoms with Gasteiger partial charge in [0.25, 0.3) is 0 Å². The van der Waals surface area contributed by atoms with E-state index in [1.807, 2.05) is 24.4 Å². The molecule has 0 amide bonds. The largest absolute Gasteiger partial charge is 0.360 e. The lowest BCUT2D eigenvalue weighted by Gasteiger charge is -2.03. The molecule has 0 atom stereocenters. The number of nitrogens with zero attached hydrogens (tertiary/aromatic N) is 3. The third-order valence-corrected chi connectivity index (χ3v) is 4.15. The average Bonchev–Trinajstić information content (AvgIpc) is 2.91. The predicted molar refractivity (Wildman–Crippen MR) is 75.0 cm³/mol. The van der Waals surface area contributed by atoms with Gasteiger partial charge in [0.2, 0.25) is 11.7 Å². The Hall–Kier alpha value is -2.17. The minimum atomic E-state index is 0.511. The second-order valence-corrected chi connectivity index (χ2v) is 5.93. The van der Waals surface area contributed by atoms with Gasteiger partial charge in [-0.1, -0.05) is 12.1 Å². The normalized spacial score (nSPS) is 16.6. The maximum atomic E-state index is 5.33. The second-order valence-electron chi connectivity index (χ2n) is 5.93. The van der Waals surface area contributed by atoms with Gasteiger partial charge in [-0.2, -0.15) is 4.98 Å². The summed E-state index contributed by atoms with van der Waals surface area (Å²) in [7, 11) is 0. The standard InChI is InChI=1S/C15H16N4O/c1-15(7-8-15)6-4-13-18-14(19-20-13)12-3-2-10-11(17-12)5-9-16-10/h2-3,5,9,16H,4,6-8H2,1H3. The van der Waals surface area contributed by atoms with Crippen molar-refractivity contribution < 1.29 is 4.52 Å². The van der Waals surface area contributed by atoms with Gasteiger partial charge in [-0.25, -0.2) is 4.98 Å². The number of aromatic nitrogens is 4. The number of hydrogen-bond donors (Lipinski definition) is 1. The van der Waals surface area contributed by atoms with Gasteiger partial charge in [-0.05, 0) is 42.9 Å². The first-order valence-electron chi connectivity index (χ1n) is 6.99. The van der Waals surface area contributed by atoms with Crippen LogP contribution in [0.4, 0.5) is 0 Å². The van der Waals surface area contributed by atoms with Crippen LogP contribution < -0.4 is 0 Å². The third kappa shape index (κ3) is 2.09. The zero-order valence-electron chi connectivity index (χ0n) is 11.4. The highest BCUT2D eigenvalue weighted by atomic mass is 16.5. The zero-order chi connectivity index (χ0) is 13.6. The van der Waals surface area contributed by atoms with E-state index in [4.69, 9.17) is 4.52 Å². The Morgan fingerprint density at radius 2 is 2.15 bits per heavy atom. The first kappa shape index (κ1) is 11.6. The Labute approximate surface area is 116 Å². The van der Waals surface area contributed by atoms with Crippen molar-refractivity contribution in [2.75, 3.05) is 0 Å². The highest BCUT2D eigenvalue weighted by molar-refractivity contribution is 5.77. The van der Waals surface area contributed by atoms with Gasteiger partial charge in [-0.3, -0.25) is 0 Å². The molecule has 0 unspecified atom stereocenters. The molecule has 3 aromatic heterocycles. The van der Waals surface area contributed by atoms with E-state index in [0.29, 0.717) is 17.1 Å².